The number of Topliss-reactive ketones (excluding diaryl/α,β-unsaturated/α-hetero) is 1. The first-order chi connectivity index (χ1) is 12.6. The molecular weight excluding hydrogens is 346 g/mol. The third-order valence-electron chi connectivity index (χ3n) is 3.73. The van der Waals surface area contributed by atoms with Crippen LogP contribution < -0.4 is 10.6 Å². The van der Waals surface area contributed by atoms with Gasteiger partial charge in [0.05, 0.1) is 5.69 Å². The van der Waals surface area contributed by atoms with Crippen LogP contribution in [0.25, 0.3) is 5.69 Å². The molecule has 0 bridgehead atoms. The Morgan fingerprint density at radius 2 is 1.73 bits per heavy atom. The van der Waals surface area contributed by atoms with Crippen molar-refractivity contribution >= 4 is 34.6 Å². The SMILES string of the molecule is CCC(=O)c1nn(-c2ccc(C)cc2)nc1NC(=S)Nc1ccccc1. The van der Waals surface area contributed by atoms with E-state index < -0.39 is 0 Å². The van der Waals surface area contributed by atoms with E-state index in [0.29, 0.717) is 17.4 Å². The molecule has 7 heteroatoms. The highest BCUT2D eigenvalue weighted by Gasteiger charge is 2.19. The second kappa shape index (κ2) is 7.88. The molecule has 0 unspecified atom stereocenters. The Kier molecular flexibility index (Phi) is 5.38. The summed E-state index contributed by atoms with van der Waals surface area (Å²) in [5.74, 6) is 0.235. The second-order valence-corrected chi connectivity index (χ2v) is 6.15. The largest absolute Gasteiger partial charge is 0.332 e. The van der Waals surface area contributed by atoms with Crippen LogP contribution in [0.2, 0.25) is 0 Å². The lowest BCUT2D eigenvalue weighted by Gasteiger charge is -2.08. The number of hydrogen-bond donors (Lipinski definition) is 2. The van der Waals surface area contributed by atoms with E-state index in [1.165, 1.54) is 4.80 Å². The number of anilines is 2. The molecule has 0 atom stereocenters. The fourth-order valence-corrected chi connectivity index (χ4v) is 2.55. The Morgan fingerprint density at radius 1 is 1.04 bits per heavy atom. The van der Waals surface area contributed by atoms with Crippen molar-refractivity contribution in [3.05, 3.63) is 65.9 Å². The van der Waals surface area contributed by atoms with Crippen molar-refractivity contribution in [3.63, 3.8) is 0 Å². The Hall–Kier alpha value is -3.06. The molecule has 0 spiro atoms. The van der Waals surface area contributed by atoms with Crippen LogP contribution >= 0.6 is 12.2 Å². The van der Waals surface area contributed by atoms with Gasteiger partial charge in [0, 0.05) is 12.1 Å². The van der Waals surface area contributed by atoms with E-state index in [1.54, 1.807) is 6.92 Å². The fourth-order valence-electron chi connectivity index (χ4n) is 2.33. The minimum absolute atomic E-state index is 0.103. The molecule has 0 aliphatic rings. The van der Waals surface area contributed by atoms with Gasteiger partial charge in [0.25, 0.3) is 0 Å². The van der Waals surface area contributed by atoms with Crippen molar-refractivity contribution in [2.45, 2.75) is 20.3 Å². The molecule has 1 heterocycles. The maximum atomic E-state index is 12.3. The molecular formula is C19H19N5OS. The summed E-state index contributed by atoms with van der Waals surface area (Å²) in [4.78, 5) is 13.7. The molecule has 0 amide bonds. The first kappa shape index (κ1) is 17.8. The first-order valence-electron chi connectivity index (χ1n) is 8.27. The van der Waals surface area contributed by atoms with Gasteiger partial charge in [0.1, 0.15) is 0 Å². The van der Waals surface area contributed by atoms with Gasteiger partial charge < -0.3 is 10.6 Å². The van der Waals surface area contributed by atoms with E-state index in [0.717, 1.165) is 16.9 Å². The van der Waals surface area contributed by atoms with Crippen molar-refractivity contribution < 1.29 is 4.79 Å². The third-order valence-corrected chi connectivity index (χ3v) is 3.93. The van der Waals surface area contributed by atoms with Crippen LogP contribution in [0.15, 0.2) is 54.6 Å². The molecule has 2 N–H and O–H groups in total. The normalized spacial score (nSPS) is 10.4. The van der Waals surface area contributed by atoms with Gasteiger partial charge in [0.2, 0.25) is 0 Å². The summed E-state index contributed by atoms with van der Waals surface area (Å²) in [6.07, 6.45) is 0.333. The highest BCUT2D eigenvalue weighted by Crippen LogP contribution is 2.16. The fraction of sp³-hybridized carbons (Fsp3) is 0.158. The Balaban J connectivity index is 1.86. The van der Waals surface area contributed by atoms with Gasteiger partial charge in [-0.05, 0) is 43.4 Å². The van der Waals surface area contributed by atoms with Crippen LogP contribution in [0.1, 0.15) is 29.4 Å². The van der Waals surface area contributed by atoms with Gasteiger partial charge in [0.15, 0.2) is 22.4 Å². The zero-order valence-corrected chi connectivity index (χ0v) is 15.4. The monoisotopic (exact) mass is 365 g/mol. The molecule has 0 saturated carbocycles. The number of benzene rings is 2. The predicted octanol–water partition coefficient (Wildman–Crippen LogP) is 3.98. The number of rotatable bonds is 5. The predicted molar refractivity (Wildman–Crippen MR) is 107 cm³/mol. The highest BCUT2D eigenvalue weighted by atomic mass is 32.1. The number of nitrogens with one attached hydrogen (secondary N) is 2. The number of nitrogens with zero attached hydrogens (tertiary/aromatic N) is 3. The van der Waals surface area contributed by atoms with Crippen LogP contribution in [0.5, 0.6) is 0 Å². The van der Waals surface area contributed by atoms with Gasteiger partial charge in [-0.25, -0.2) is 0 Å². The van der Waals surface area contributed by atoms with Gasteiger partial charge >= 0.3 is 0 Å². The number of carbonyl (C=O) groups excluding carboxylic acids is 1. The van der Waals surface area contributed by atoms with Crippen LogP contribution in [-0.2, 0) is 0 Å². The summed E-state index contributed by atoms with van der Waals surface area (Å²) in [6, 6.07) is 17.3. The number of hydrogen-bond acceptors (Lipinski definition) is 4. The van der Waals surface area contributed by atoms with Crippen molar-refractivity contribution in [1.82, 2.24) is 15.0 Å². The van der Waals surface area contributed by atoms with Gasteiger partial charge in [-0.1, -0.05) is 42.8 Å². The summed E-state index contributed by atoms with van der Waals surface area (Å²) in [5.41, 5.74) is 3.03. The Morgan fingerprint density at radius 3 is 2.38 bits per heavy atom. The van der Waals surface area contributed by atoms with Crippen LogP contribution in [0.3, 0.4) is 0 Å². The van der Waals surface area contributed by atoms with Gasteiger partial charge in [-0.2, -0.15) is 0 Å². The molecule has 2 aromatic carbocycles. The number of aromatic nitrogens is 3. The van der Waals surface area contributed by atoms with Crippen LogP contribution in [0, 0.1) is 6.92 Å². The standard InChI is InChI=1S/C19H19N5OS/c1-3-16(25)17-18(21-19(26)20-14-7-5-4-6-8-14)23-24(22-17)15-11-9-13(2)10-12-15/h4-12H,3H2,1-2H3,(H2,20,21,23,26). The minimum atomic E-state index is -0.103. The molecule has 132 valence electrons. The number of aryl methyl sites for hydroxylation is 1. The van der Waals surface area contributed by atoms with Crippen LogP contribution in [-0.4, -0.2) is 25.9 Å². The molecule has 3 aromatic rings. The van der Waals surface area contributed by atoms with Crippen molar-refractivity contribution in [1.29, 1.82) is 0 Å². The van der Waals surface area contributed by atoms with Gasteiger partial charge in [-0.3, -0.25) is 4.79 Å². The van der Waals surface area contributed by atoms with Crippen LogP contribution in [0.4, 0.5) is 11.5 Å². The molecule has 26 heavy (non-hydrogen) atoms. The lowest BCUT2D eigenvalue weighted by molar-refractivity contribution is 0.0984. The summed E-state index contributed by atoms with van der Waals surface area (Å²) in [5, 5.41) is 15.1. The topological polar surface area (TPSA) is 71.8 Å². The molecule has 3 rings (SSSR count). The summed E-state index contributed by atoms with van der Waals surface area (Å²) in [7, 11) is 0. The quantitative estimate of drug-likeness (QED) is 0.526. The Labute approximate surface area is 157 Å². The van der Waals surface area contributed by atoms with E-state index in [1.807, 2.05) is 61.5 Å². The number of carbonyl (C=O) groups is 1. The molecule has 0 aliphatic heterocycles. The average Bonchev–Trinajstić information content (AvgIpc) is 3.06. The molecule has 0 fully saturated rings. The number of para-hydroxylation sites is 1. The number of thiocarbonyl (C=S) groups is 1. The van der Waals surface area contributed by atoms with E-state index in [9.17, 15) is 4.79 Å². The molecule has 0 radical (unpaired) electrons. The van der Waals surface area contributed by atoms with Crippen molar-refractivity contribution in [3.8, 4) is 5.69 Å². The molecule has 6 nitrogen and oxygen atoms in total. The summed E-state index contributed by atoms with van der Waals surface area (Å²) < 4.78 is 0. The van der Waals surface area contributed by atoms with Gasteiger partial charge in [-0.15, -0.1) is 15.0 Å². The van der Waals surface area contributed by atoms with E-state index in [-0.39, 0.29) is 11.5 Å². The smallest absolute Gasteiger partial charge is 0.186 e. The van der Waals surface area contributed by atoms with Crippen molar-refractivity contribution in [2.24, 2.45) is 0 Å². The highest BCUT2D eigenvalue weighted by molar-refractivity contribution is 7.80. The average molecular weight is 365 g/mol. The first-order valence-corrected chi connectivity index (χ1v) is 8.68. The molecule has 0 saturated heterocycles. The van der Waals surface area contributed by atoms with E-state index in [4.69, 9.17) is 12.2 Å². The zero-order chi connectivity index (χ0) is 18.5. The minimum Gasteiger partial charge on any atom is -0.332 e. The van der Waals surface area contributed by atoms with E-state index in [2.05, 4.69) is 20.8 Å². The second-order valence-electron chi connectivity index (χ2n) is 5.74. The lowest BCUT2D eigenvalue weighted by Crippen LogP contribution is -2.20. The maximum Gasteiger partial charge on any atom is 0.186 e. The van der Waals surface area contributed by atoms with E-state index >= 15 is 0 Å². The zero-order valence-electron chi connectivity index (χ0n) is 14.6. The lowest BCUT2D eigenvalue weighted by atomic mass is 10.2. The Bertz CT molecular complexity index is 919. The summed E-state index contributed by atoms with van der Waals surface area (Å²) >= 11 is 5.33. The molecule has 0 aliphatic carbocycles. The third kappa shape index (κ3) is 4.12. The molecule has 1 aromatic heterocycles. The number of ketones is 1. The summed E-state index contributed by atoms with van der Waals surface area (Å²) in [6.45, 7) is 3.80. The maximum absolute atomic E-state index is 12.3. The van der Waals surface area contributed by atoms with Crippen molar-refractivity contribution in [2.75, 3.05) is 10.6 Å².